The molecule has 0 aromatic heterocycles. The number of hydrogen-bond donors (Lipinski definition) is 1. The molecule has 0 radical (unpaired) electrons. The highest BCUT2D eigenvalue weighted by atomic mass is 15.3. The second kappa shape index (κ2) is 6.16. The average Bonchev–Trinajstić information content (AvgIpc) is 2.60. The minimum absolute atomic E-state index is 0.00173. The fourth-order valence-corrected chi connectivity index (χ4v) is 2.36. The third-order valence-corrected chi connectivity index (χ3v) is 3.62. The molecule has 0 amide bonds. The van der Waals surface area contributed by atoms with Crippen molar-refractivity contribution in [1.29, 1.82) is 0 Å². The summed E-state index contributed by atoms with van der Waals surface area (Å²) in [5.74, 6) is 1.08. The summed E-state index contributed by atoms with van der Waals surface area (Å²) in [4.78, 5) is 9.57. The Morgan fingerprint density at radius 1 is 1.28 bits per heavy atom. The number of nitrogens with zero attached hydrogens (tertiary/aromatic N) is 3. The highest BCUT2D eigenvalue weighted by Crippen LogP contribution is 2.12. The first-order valence-electron chi connectivity index (χ1n) is 6.93. The Balaban J connectivity index is 2.06. The van der Waals surface area contributed by atoms with E-state index in [-0.39, 0.29) is 6.04 Å². The lowest BCUT2D eigenvalue weighted by atomic mass is 10.2. The van der Waals surface area contributed by atoms with Crippen molar-refractivity contribution < 1.29 is 0 Å². The Morgan fingerprint density at radius 2 is 2.00 bits per heavy atom. The number of allylic oxidation sites excluding steroid dienone is 1. The van der Waals surface area contributed by atoms with Crippen molar-refractivity contribution in [3.63, 3.8) is 0 Å². The molecule has 1 atom stereocenters. The van der Waals surface area contributed by atoms with Gasteiger partial charge in [-0.3, -0.25) is 0 Å². The summed E-state index contributed by atoms with van der Waals surface area (Å²) in [6.07, 6.45) is 7.10. The molecule has 0 aromatic rings. The fourth-order valence-electron chi connectivity index (χ4n) is 2.36. The van der Waals surface area contributed by atoms with Crippen molar-refractivity contribution in [2.24, 2.45) is 10.7 Å². The van der Waals surface area contributed by atoms with Crippen molar-refractivity contribution in [2.75, 3.05) is 32.7 Å². The average molecular weight is 248 g/mol. The van der Waals surface area contributed by atoms with Crippen LogP contribution in [-0.2, 0) is 0 Å². The molecule has 0 aliphatic carbocycles. The summed E-state index contributed by atoms with van der Waals surface area (Å²) in [5.41, 5.74) is 7.07. The van der Waals surface area contributed by atoms with Gasteiger partial charge in [0.15, 0.2) is 0 Å². The molecular weight excluding hydrogens is 224 g/mol. The topological polar surface area (TPSA) is 44.9 Å². The maximum Gasteiger partial charge on any atom is 0.128 e. The molecular formula is C14H24N4. The number of piperazine rings is 1. The molecule has 0 spiro atoms. The van der Waals surface area contributed by atoms with E-state index in [9.17, 15) is 0 Å². The summed E-state index contributed by atoms with van der Waals surface area (Å²) < 4.78 is 0. The number of amidine groups is 1. The van der Waals surface area contributed by atoms with Crippen LogP contribution in [0.4, 0.5) is 0 Å². The zero-order valence-electron chi connectivity index (χ0n) is 11.5. The van der Waals surface area contributed by atoms with Crippen LogP contribution >= 0.6 is 0 Å². The van der Waals surface area contributed by atoms with Gasteiger partial charge in [-0.15, -0.1) is 0 Å². The smallest absolute Gasteiger partial charge is 0.128 e. The molecule has 2 rings (SSSR count). The monoisotopic (exact) mass is 248 g/mol. The third kappa shape index (κ3) is 3.21. The molecule has 1 fully saturated rings. The van der Waals surface area contributed by atoms with E-state index < -0.39 is 0 Å². The summed E-state index contributed by atoms with van der Waals surface area (Å²) in [5, 5.41) is 0. The second-order valence-corrected chi connectivity index (χ2v) is 4.84. The van der Waals surface area contributed by atoms with Crippen molar-refractivity contribution in [2.45, 2.75) is 26.3 Å². The number of nitrogens with two attached hydrogens (primary N) is 1. The molecule has 2 aliphatic heterocycles. The van der Waals surface area contributed by atoms with E-state index in [1.165, 1.54) is 0 Å². The van der Waals surface area contributed by atoms with Crippen LogP contribution in [0.2, 0.25) is 0 Å². The van der Waals surface area contributed by atoms with Crippen molar-refractivity contribution in [3.05, 3.63) is 23.9 Å². The van der Waals surface area contributed by atoms with Gasteiger partial charge < -0.3 is 15.5 Å². The first-order chi connectivity index (χ1) is 8.72. The SMILES string of the molecule is CCC1=CC(N)C=CC(N2CCN(CC)CC2)=N1. The molecule has 4 heteroatoms. The Kier molecular flexibility index (Phi) is 4.55. The highest BCUT2D eigenvalue weighted by Gasteiger charge is 2.18. The predicted octanol–water partition coefficient (Wildman–Crippen LogP) is 1.21. The van der Waals surface area contributed by atoms with E-state index in [1.54, 1.807) is 0 Å². The normalized spacial score (nSPS) is 25.7. The number of hydrogen-bond acceptors (Lipinski definition) is 4. The Bertz CT molecular complexity index is 362. The van der Waals surface area contributed by atoms with Gasteiger partial charge in [0.1, 0.15) is 5.84 Å². The standard InChI is InChI=1S/C14H24N4/c1-3-13-11-12(15)5-6-14(16-13)18-9-7-17(4-2)8-10-18/h5-6,11-12H,3-4,7-10,15H2,1-2H3. The number of aliphatic imine (C=N–C) groups is 1. The van der Waals surface area contributed by atoms with Crippen LogP contribution in [0.25, 0.3) is 0 Å². The molecule has 0 aromatic carbocycles. The summed E-state index contributed by atoms with van der Waals surface area (Å²) in [6, 6.07) is -0.00173. The van der Waals surface area contributed by atoms with E-state index >= 15 is 0 Å². The lowest BCUT2D eigenvalue weighted by molar-refractivity contribution is 0.190. The van der Waals surface area contributed by atoms with Crippen LogP contribution in [0.5, 0.6) is 0 Å². The van der Waals surface area contributed by atoms with Crippen LogP contribution < -0.4 is 5.73 Å². The van der Waals surface area contributed by atoms with Crippen molar-refractivity contribution in [3.8, 4) is 0 Å². The highest BCUT2D eigenvalue weighted by molar-refractivity contribution is 5.94. The van der Waals surface area contributed by atoms with Gasteiger partial charge in [0, 0.05) is 37.9 Å². The molecule has 2 heterocycles. The minimum atomic E-state index is -0.00173. The van der Waals surface area contributed by atoms with Crippen molar-refractivity contribution in [1.82, 2.24) is 9.80 Å². The largest absolute Gasteiger partial charge is 0.354 e. The molecule has 100 valence electrons. The van der Waals surface area contributed by atoms with Gasteiger partial charge in [0.25, 0.3) is 0 Å². The van der Waals surface area contributed by atoms with Gasteiger partial charge in [-0.1, -0.05) is 19.9 Å². The van der Waals surface area contributed by atoms with Gasteiger partial charge >= 0.3 is 0 Å². The minimum Gasteiger partial charge on any atom is -0.354 e. The lowest BCUT2D eigenvalue weighted by Gasteiger charge is -2.35. The van der Waals surface area contributed by atoms with Crippen molar-refractivity contribution >= 4 is 5.84 Å². The van der Waals surface area contributed by atoms with Crippen LogP contribution in [0.3, 0.4) is 0 Å². The quantitative estimate of drug-likeness (QED) is 0.799. The lowest BCUT2D eigenvalue weighted by Crippen LogP contribution is -2.48. The van der Waals surface area contributed by atoms with Crippen LogP contribution in [-0.4, -0.2) is 54.4 Å². The van der Waals surface area contributed by atoms with Gasteiger partial charge in [-0.25, -0.2) is 4.99 Å². The Morgan fingerprint density at radius 3 is 2.61 bits per heavy atom. The van der Waals surface area contributed by atoms with E-state index in [2.05, 4.69) is 29.7 Å². The Labute approximate surface area is 110 Å². The molecule has 18 heavy (non-hydrogen) atoms. The molecule has 1 unspecified atom stereocenters. The van der Waals surface area contributed by atoms with E-state index in [0.29, 0.717) is 0 Å². The van der Waals surface area contributed by atoms with Gasteiger partial charge in [-0.2, -0.15) is 0 Å². The maximum absolute atomic E-state index is 5.97. The van der Waals surface area contributed by atoms with Crippen LogP contribution in [0, 0.1) is 0 Å². The summed E-state index contributed by atoms with van der Waals surface area (Å²) >= 11 is 0. The molecule has 0 saturated carbocycles. The molecule has 2 N–H and O–H groups in total. The van der Waals surface area contributed by atoms with Gasteiger partial charge in [0.2, 0.25) is 0 Å². The Hall–Kier alpha value is -1.13. The first-order valence-corrected chi connectivity index (χ1v) is 6.93. The predicted molar refractivity (Wildman–Crippen MR) is 76.6 cm³/mol. The van der Waals surface area contributed by atoms with Gasteiger partial charge in [0.05, 0.1) is 0 Å². The van der Waals surface area contributed by atoms with Gasteiger partial charge in [-0.05, 0) is 25.1 Å². The molecule has 4 nitrogen and oxygen atoms in total. The van der Waals surface area contributed by atoms with E-state index in [0.717, 1.165) is 50.7 Å². The summed E-state index contributed by atoms with van der Waals surface area (Å²) in [7, 11) is 0. The molecule has 2 aliphatic rings. The number of likely N-dealkylation sites (N-methyl/N-ethyl adjacent to an activating group) is 1. The molecule has 1 saturated heterocycles. The zero-order chi connectivity index (χ0) is 13.0. The summed E-state index contributed by atoms with van der Waals surface area (Å²) in [6.45, 7) is 9.85. The van der Waals surface area contributed by atoms with E-state index in [4.69, 9.17) is 10.7 Å². The molecule has 0 bridgehead atoms. The first kappa shape index (κ1) is 13.3. The van der Waals surface area contributed by atoms with Crippen LogP contribution in [0.15, 0.2) is 28.9 Å². The maximum atomic E-state index is 5.97. The van der Waals surface area contributed by atoms with Crippen LogP contribution in [0.1, 0.15) is 20.3 Å². The second-order valence-electron chi connectivity index (χ2n) is 4.84. The zero-order valence-corrected chi connectivity index (χ0v) is 11.5. The fraction of sp³-hybridized carbons (Fsp3) is 0.643. The third-order valence-electron chi connectivity index (χ3n) is 3.62. The number of rotatable bonds is 2. The van der Waals surface area contributed by atoms with E-state index in [1.807, 2.05) is 12.2 Å².